The molecule has 1 heterocycles. The molecule has 4 heteroatoms. The van der Waals surface area contributed by atoms with Crippen LogP contribution in [0.5, 0.6) is 0 Å². The zero-order chi connectivity index (χ0) is 13.0. The van der Waals surface area contributed by atoms with Crippen LogP contribution in [0.25, 0.3) is 0 Å². The van der Waals surface area contributed by atoms with Crippen LogP contribution in [0.15, 0.2) is 30.9 Å². The molecular formula is C15H22ClFN2. The van der Waals surface area contributed by atoms with Crippen LogP contribution in [-0.4, -0.2) is 31.1 Å². The Hall–Kier alpha value is -0.900. The SMILES string of the molecule is C=CC[C@@H](c1ccc(C)cc1F)N1CCNCC1.Cl. The zero-order valence-corrected chi connectivity index (χ0v) is 12.2. The fourth-order valence-corrected chi connectivity index (χ4v) is 2.53. The summed E-state index contributed by atoms with van der Waals surface area (Å²) in [5, 5.41) is 3.33. The summed E-state index contributed by atoms with van der Waals surface area (Å²) in [4.78, 5) is 2.34. The fraction of sp³-hybridized carbons (Fsp3) is 0.467. The third kappa shape index (κ3) is 4.03. The van der Waals surface area contributed by atoms with Gasteiger partial charge in [-0.2, -0.15) is 0 Å². The van der Waals surface area contributed by atoms with E-state index in [2.05, 4.69) is 16.8 Å². The van der Waals surface area contributed by atoms with E-state index in [0.717, 1.165) is 43.7 Å². The third-order valence-electron chi connectivity index (χ3n) is 3.50. The topological polar surface area (TPSA) is 15.3 Å². The number of aryl methyl sites for hydroxylation is 1. The summed E-state index contributed by atoms with van der Waals surface area (Å²) in [6.07, 6.45) is 2.67. The van der Waals surface area contributed by atoms with Crippen LogP contribution in [0.4, 0.5) is 4.39 Å². The highest BCUT2D eigenvalue weighted by atomic mass is 35.5. The summed E-state index contributed by atoms with van der Waals surface area (Å²) in [6.45, 7) is 9.60. The molecule has 1 aliphatic heterocycles. The summed E-state index contributed by atoms with van der Waals surface area (Å²) < 4.78 is 14.1. The Morgan fingerprint density at radius 3 is 2.68 bits per heavy atom. The third-order valence-corrected chi connectivity index (χ3v) is 3.50. The van der Waals surface area contributed by atoms with Crippen LogP contribution in [0.3, 0.4) is 0 Å². The van der Waals surface area contributed by atoms with Crippen molar-refractivity contribution in [2.75, 3.05) is 26.2 Å². The maximum Gasteiger partial charge on any atom is 0.128 e. The van der Waals surface area contributed by atoms with Gasteiger partial charge in [-0.1, -0.05) is 18.2 Å². The second kappa shape index (κ2) is 7.63. The lowest BCUT2D eigenvalue weighted by Gasteiger charge is -2.35. The molecule has 1 aromatic rings. The van der Waals surface area contributed by atoms with Crippen LogP contribution < -0.4 is 5.32 Å². The van der Waals surface area contributed by atoms with E-state index in [1.165, 1.54) is 0 Å². The van der Waals surface area contributed by atoms with Gasteiger partial charge in [-0.25, -0.2) is 4.39 Å². The van der Waals surface area contributed by atoms with Gasteiger partial charge in [0.25, 0.3) is 0 Å². The first-order chi connectivity index (χ1) is 8.72. The molecular weight excluding hydrogens is 263 g/mol. The number of hydrogen-bond donors (Lipinski definition) is 1. The second-order valence-corrected chi connectivity index (χ2v) is 4.85. The minimum absolute atomic E-state index is 0. The molecule has 1 N–H and O–H groups in total. The number of benzene rings is 1. The van der Waals surface area contributed by atoms with Crippen molar-refractivity contribution >= 4 is 12.4 Å². The van der Waals surface area contributed by atoms with Crippen molar-refractivity contribution < 1.29 is 4.39 Å². The van der Waals surface area contributed by atoms with Crippen molar-refractivity contribution in [2.24, 2.45) is 0 Å². The highest BCUT2D eigenvalue weighted by molar-refractivity contribution is 5.85. The van der Waals surface area contributed by atoms with Crippen molar-refractivity contribution in [1.29, 1.82) is 0 Å². The van der Waals surface area contributed by atoms with Gasteiger partial charge >= 0.3 is 0 Å². The van der Waals surface area contributed by atoms with Crippen LogP contribution in [0, 0.1) is 12.7 Å². The fourth-order valence-electron chi connectivity index (χ4n) is 2.53. The van der Waals surface area contributed by atoms with E-state index in [1.807, 2.05) is 25.1 Å². The lowest BCUT2D eigenvalue weighted by atomic mass is 9.99. The van der Waals surface area contributed by atoms with Crippen LogP contribution >= 0.6 is 12.4 Å². The van der Waals surface area contributed by atoms with Crippen molar-refractivity contribution in [3.63, 3.8) is 0 Å². The standard InChI is InChI=1S/C15H21FN2.ClH/c1-3-4-15(18-9-7-17-8-10-18)13-6-5-12(2)11-14(13)16;/h3,5-6,11,15,17H,1,4,7-10H2,2H3;1H/t15-;/m0./s1. The van der Waals surface area contributed by atoms with Crippen LogP contribution in [-0.2, 0) is 0 Å². The average molecular weight is 285 g/mol. The first kappa shape index (κ1) is 16.2. The molecule has 106 valence electrons. The molecule has 1 atom stereocenters. The maximum atomic E-state index is 14.1. The quantitative estimate of drug-likeness (QED) is 0.855. The second-order valence-electron chi connectivity index (χ2n) is 4.85. The summed E-state index contributed by atoms with van der Waals surface area (Å²) in [6, 6.07) is 5.63. The summed E-state index contributed by atoms with van der Waals surface area (Å²) in [5.41, 5.74) is 1.76. The normalized spacial score (nSPS) is 17.6. The Morgan fingerprint density at radius 2 is 2.11 bits per heavy atom. The van der Waals surface area contributed by atoms with Gasteiger partial charge in [0.2, 0.25) is 0 Å². The average Bonchev–Trinajstić information content (AvgIpc) is 2.38. The minimum Gasteiger partial charge on any atom is -0.314 e. The lowest BCUT2D eigenvalue weighted by molar-refractivity contribution is 0.171. The highest BCUT2D eigenvalue weighted by Gasteiger charge is 2.23. The first-order valence-electron chi connectivity index (χ1n) is 6.54. The molecule has 0 aliphatic carbocycles. The maximum absolute atomic E-state index is 14.1. The van der Waals surface area contributed by atoms with E-state index in [1.54, 1.807) is 6.07 Å². The molecule has 0 spiro atoms. The van der Waals surface area contributed by atoms with Crippen molar-refractivity contribution in [1.82, 2.24) is 10.2 Å². The summed E-state index contributed by atoms with van der Waals surface area (Å²) in [7, 11) is 0. The first-order valence-corrected chi connectivity index (χ1v) is 6.54. The lowest BCUT2D eigenvalue weighted by Crippen LogP contribution is -2.45. The van der Waals surface area contributed by atoms with E-state index in [9.17, 15) is 4.39 Å². The Morgan fingerprint density at radius 1 is 1.42 bits per heavy atom. The van der Waals surface area contributed by atoms with Gasteiger partial charge in [0, 0.05) is 37.8 Å². The number of nitrogens with one attached hydrogen (secondary N) is 1. The monoisotopic (exact) mass is 284 g/mol. The van der Waals surface area contributed by atoms with Crippen LogP contribution in [0.2, 0.25) is 0 Å². The Bertz CT molecular complexity index is 417. The molecule has 19 heavy (non-hydrogen) atoms. The smallest absolute Gasteiger partial charge is 0.128 e. The van der Waals surface area contributed by atoms with E-state index < -0.39 is 0 Å². The highest BCUT2D eigenvalue weighted by Crippen LogP contribution is 2.27. The van der Waals surface area contributed by atoms with E-state index in [0.29, 0.717) is 0 Å². The molecule has 1 aliphatic rings. The van der Waals surface area contributed by atoms with Crippen molar-refractivity contribution in [3.05, 3.63) is 47.8 Å². The molecule has 2 rings (SSSR count). The zero-order valence-electron chi connectivity index (χ0n) is 11.4. The van der Waals surface area contributed by atoms with E-state index in [-0.39, 0.29) is 24.3 Å². The number of hydrogen-bond acceptors (Lipinski definition) is 2. The van der Waals surface area contributed by atoms with Gasteiger partial charge in [-0.05, 0) is 25.0 Å². The number of nitrogens with zero attached hydrogens (tertiary/aromatic N) is 1. The molecule has 0 aromatic heterocycles. The van der Waals surface area contributed by atoms with E-state index in [4.69, 9.17) is 0 Å². The Kier molecular flexibility index (Phi) is 6.49. The van der Waals surface area contributed by atoms with Gasteiger partial charge in [0.05, 0.1) is 0 Å². The molecule has 1 fully saturated rings. The van der Waals surface area contributed by atoms with Crippen LogP contribution in [0.1, 0.15) is 23.6 Å². The van der Waals surface area contributed by atoms with Gasteiger partial charge in [0.15, 0.2) is 0 Å². The molecule has 0 unspecified atom stereocenters. The molecule has 0 saturated carbocycles. The Labute approximate surface area is 121 Å². The predicted octanol–water partition coefficient (Wildman–Crippen LogP) is 3.08. The molecule has 0 bridgehead atoms. The predicted molar refractivity (Wildman–Crippen MR) is 80.4 cm³/mol. The molecule has 1 saturated heterocycles. The van der Waals surface area contributed by atoms with Gasteiger partial charge in [0.1, 0.15) is 5.82 Å². The molecule has 0 amide bonds. The van der Waals surface area contributed by atoms with E-state index >= 15 is 0 Å². The largest absolute Gasteiger partial charge is 0.314 e. The van der Waals surface area contributed by atoms with Crippen molar-refractivity contribution in [2.45, 2.75) is 19.4 Å². The molecule has 0 radical (unpaired) electrons. The number of rotatable bonds is 4. The van der Waals surface area contributed by atoms with Gasteiger partial charge in [-0.3, -0.25) is 4.90 Å². The minimum atomic E-state index is -0.0969. The van der Waals surface area contributed by atoms with Gasteiger partial charge < -0.3 is 5.32 Å². The Balaban J connectivity index is 0.00000180. The molecule has 2 nitrogen and oxygen atoms in total. The summed E-state index contributed by atoms with van der Waals surface area (Å²) in [5.74, 6) is -0.0969. The van der Waals surface area contributed by atoms with Crippen molar-refractivity contribution in [3.8, 4) is 0 Å². The molecule has 1 aromatic carbocycles. The number of halogens is 2. The number of piperazine rings is 1. The summed E-state index contributed by atoms with van der Waals surface area (Å²) >= 11 is 0. The van der Waals surface area contributed by atoms with Gasteiger partial charge in [-0.15, -0.1) is 19.0 Å².